The fraction of sp³-hybridized carbons (Fsp3) is 0.538. The van der Waals surface area contributed by atoms with Gasteiger partial charge in [0.25, 0.3) is 0 Å². The molecule has 2 rings (SSSR count). The highest BCUT2D eigenvalue weighted by molar-refractivity contribution is 5.21. The molecular weight excluding hydrogens is 219 g/mol. The molecule has 0 spiro atoms. The van der Waals surface area contributed by atoms with Gasteiger partial charge in [-0.05, 0) is 50.2 Å². The van der Waals surface area contributed by atoms with E-state index >= 15 is 0 Å². The van der Waals surface area contributed by atoms with Crippen molar-refractivity contribution < 1.29 is 9.13 Å². The van der Waals surface area contributed by atoms with Crippen molar-refractivity contribution in [2.45, 2.75) is 18.9 Å². The highest BCUT2D eigenvalue weighted by atomic mass is 19.1. The quantitative estimate of drug-likeness (QED) is 0.866. The summed E-state index contributed by atoms with van der Waals surface area (Å²) >= 11 is 0. The van der Waals surface area contributed by atoms with Crippen molar-refractivity contribution in [1.82, 2.24) is 4.90 Å². The molecule has 0 amide bonds. The molecule has 1 fully saturated rings. The number of rotatable bonds is 4. The van der Waals surface area contributed by atoms with E-state index in [1.807, 2.05) is 0 Å². The fourth-order valence-electron chi connectivity index (χ4n) is 2.00. The zero-order valence-corrected chi connectivity index (χ0v) is 9.94. The molecule has 3 nitrogen and oxygen atoms in total. The minimum absolute atomic E-state index is 0.234. The van der Waals surface area contributed by atoms with Crippen LogP contribution in [0.3, 0.4) is 0 Å². The van der Waals surface area contributed by atoms with E-state index in [4.69, 9.17) is 10.5 Å². The SMILES string of the molecule is NC1CCN(CCOc2ccc(F)cc2)CC1. The van der Waals surface area contributed by atoms with Crippen LogP contribution in [0.25, 0.3) is 0 Å². The summed E-state index contributed by atoms with van der Waals surface area (Å²) in [5.74, 6) is 0.488. The molecule has 0 aromatic heterocycles. The second-order valence-corrected chi connectivity index (χ2v) is 4.48. The third kappa shape index (κ3) is 3.98. The van der Waals surface area contributed by atoms with Crippen molar-refractivity contribution in [1.29, 1.82) is 0 Å². The van der Waals surface area contributed by atoms with Gasteiger partial charge in [-0.2, -0.15) is 0 Å². The average Bonchev–Trinajstić information content (AvgIpc) is 2.34. The number of halogens is 1. The van der Waals surface area contributed by atoms with Gasteiger partial charge in [0.05, 0.1) is 0 Å². The Kier molecular flexibility index (Phi) is 4.34. The molecule has 4 heteroatoms. The van der Waals surface area contributed by atoms with Crippen LogP contribution in [0.15, 0.2) is 24.3 Å². The summed E-state index contributed by atoms with van der Waals surface area (Å²) in [7, 11) is 0. The van der Waals surface area contributed by atoms with Crippen LogP contribution in [0.4, 0.5) is 4.39 Å². The van der Waals surface area contributed by atoms with Crippen molar-refractivity contribution in [2.24, 2.45) is 5.73 Å². The minimum Gasteiger partial charge on any atom is -0.492 e. The van der Waals surface area contributed by atoms with Gasteiger partial charge in [-0.1, -0.05) is 0 Å². The third-order valence-electron chi connectivity index (χ3n) is 3.12. The normalized spacial score (nSPS) is 18.2. The summed E-state index contributed by atoms with van der Waals surface area (Å²) < 4.78 is 18.2. The van der Waals surface area contributed by atoms with Crippen molar-refractivity contribution >= 4 is 0 Å². The Morgan fingerprint density at radius 1 is 1.24 bits per heavy atom. The third-order valence-corrected chi connectivity index (χ3v) is 3.12. The first-order chi connectivity index (χ1) is 8.24. The van der Waals surface area contributed by atoms with E-state index in [0.717, 1.165) is 38.2 Å². The van der Waals surface area contributed by atoms with Crippen LogP contribution < -0.4 is 10.5 Å². The number of hydrogen-bond donors (Lipinski definition) is 1. The molecule has 94 valence electrons. The van der Waals surface area contributed by atoms with Crippen LogP contribution in [0.5, 0.6) is 5.75 Å². The van der Waals surface area contributed by atoms with Crippen LogP contribution in [-0.2, 0) is 0 Å². The van der Waals surface area contributed by atoms with Crippen LogP contribution in [-0.4, -0.2) is 37.2 Å². The van der Waals surface area contributed by atoms with Crippen molar-refractivity contribution in [3.63, 3.8) is 0 Å². The average molecular weight is 238 g/mol. The molecule has 1 heterocycles. The monoisotopic (exact) mass is 238 g/mol. The highest BCUT2D eigenvalue weighted by Gasteiger charge is 2.15. The Labute approximate surface area is 101 Å². The molecular formula is C13H19FN2O. The van der Waals surface area contributed by atoms with Crippen molar-refractivity contribution in [2.75, 3.05) is 26.2 Å². The Morgan fingerprint density at radius 2 is 1.88 bits per heavy atom. The smallest absolute Gasteiger partial charge is 0.123 e. The first kappa shape index (κ1) is 12.3. The largest absolute Gasteiger partial charge is 0.492 e. The molecule has 0 unspecified atom stereocenters. The summed E-state index contributed by atoms with van der Waals surface area (Å²) in [5.41, 5.74) is 5.84. The fourth-order valence-corrected chi connectivity index (χ4v) is 2.00. The molecule has 1 aliphatic rings. The van der Waals surface area contributed by atoms with Crippen LogP contribution in [0.1, 0.15) is 12.8 Å². The van der Waals surface area contributed by atoms with E-state index in [9.17, 15) is 4.39 Å². The number of benzene rings is 1. The lowest BCUT2D eigenvalue weighted by Crippen LogP contribution is -2.41. The first-order valence-electron chi connectivity index (χ1n) is 6.10. The summed E-state index contributed by atoms with van der Waals surface area (Å²) in [6.07, 6.45) is 2.13. The molecule has 1 aliphatic heterocycles. The molecule has 17 heavy (non-hydrogen) atoms. The highest BCUT2D eigenvalue weighted by Crippen LogP contribution is 2.12. The molecule has 1 aromatic carbocycles. The maximum Gasteiger partial charge on any atom is 0.123 e. The van der Waals surface area contributed by atoms with Crippen molar-refractivity contribution in [3.05, 3.63) is 30.1 Å². The Balaban J connectivity index is 1.67. The lowest BCUT2D eigenvalue weighted by atomic mass is 10.1. The van der Waals surface area contributed by atoms with Crippen molar-refractivity contribution in [3.8, 4) is 5.75 Å². The van der Waals surface area contributed by atoms with E-state index in [1.54, 1.807) is 12.1 Å². The van der Waals surface area contributed by atoms with Gasteiger partial charge in [-0.3, -0.25) is 4.90 Å². The van der Waals surface area contributed by atoms with Gasteiger partial charge in [-0.15, -0.1) is 0 Å². The second kappa shape index (κ2) is 5.98. The molecule has 1 aromatic rings. The maximum atomic E-state index is 12.7. The molecule has 0 radical (unpaired) electrons. The minimum atomic E-state index is -0.234. The Morgan fingerprint density at radius 3 is 2.53 bits per heavy atom. The van der Waals surface area contributed by atoms with Gasteiger partial charge >= 0.3 is 0 Å². The zero-order valence-electron chi connectivity index (χ0n) is 9.94. The van der Waals surface area contributed by atoms with Gasteiger partial charge in [0.2, 0.25) is 0 Å². The van der Waals surface area contributed by atoms with Gasteiger partial charge in [0, 0.05) is 12.6 Å². The second-order valence-electron chi connectivity index (χ2n) is 4.48. The predicted octanol–water partition coefficient (Wildman–Crippen LogP) is 1.63. The molecule has 0 aliphatic carbocycles. The number of nitrogens with zero attached hydrogens (tertiary/aromatic N) is 1. The molecule has 1 saturated heterocycles. The molecule has 0 saturated carbocycles. The van der Waals surface area contributed by atoms with Gasteiger partial charge in [-0.25, -0.2) is 4.39 Å². The van der Waals surface area contributed by atoms with Gasteiger partial charge in [0.1, 0.15) is 18.2 Å². The van der Waals surface area contributed by atoms with E-state index in [0.29, 0.717) is 12.6 Å². The number of hydrogen-bond acceptors (Lipinski definition) is 3. The van der Waals surface area contributed by atoms with E-state index in [-0.39, 0.29) is 5.82 Å². The Hall–Kier alpha value is -1.13. The lowest BCUT2D eigenvalue weighted by Gasteiger charge is -2.29. The first-order valence-corrected chi connectivity index (χ1v) is 6.10. The number of ether oxygens (including phenoxy) is 1. The van der Waals surface area contributed by atoms with Gasteiger partial charge < -0.3 is 10.5 Å². The number of likely N-dealkylation sites (tertiary alicyclic amines) is 1. The maximum absolute atomic E-state index is 12.7. The summed E-state index contributed by atoms with van der Waals surface area (Å²) in [6, 6.07) is 6.50. The van der Waals surface area contributed by atoms with E-state index < -0.39 is 0 Å². The summed E-state index contributed by atoms with van der Waals surface area (Å²) in [5, 5.41) is 0. The summed E-state index contributed by atoms with van der Waals surface area (Å²) in [6.45, 7) is 3.65. The number of nitrogens with two attached hydrogens (primary N) is 1. The molecule has 2 N–H and O–H groups in total. The predicted molar refractivity (Wildman–Crippen MR) is 65.5 cm³/mol. The van der Waals surface area contributed by atoms with Crippen LogP contribution in [0, 0.1) is 5.82 Å². The van der Waals surface area contributed by atoms with E-state index in [2.05, 4.69) is 4.90 Å². The summed E-state index contributed by atoms with van der Waals surface area (Å²) in [4.78, 5) is 2.35. The van der Waals surface area contributed by atoms with Crippen LogP contribution in [0.2, 0.25) is 0 Å². The Bertz CT molecular complexity index is 334. The number of piperidine rings is 1. The lowest BCUT2D eigenvalue weighted by molar-refractivity contribution is 0.174. The molecule has 0 bridgehead atoms. The van der Waals surface area contributed by atoms with E-state index in [1.165, 1.54) is 12.1 Å². The topological polar surface area (TPSA) is 38.5 Å². The standard InChI is InChI=1S/C13H19FN2O/c14-11-1-3-13(4-2-11)17-10-9-16-7-5-12(15)6-8-16/h1-4,12H,5-10,15H2. The zero-order chi connectivity index (χ0) is 12.1. The molecule has 0 atom stereocenters. The van der Waals surface area contributed by atoms with Gasteiger partial charge in [0.15, 0.2) is 0 Å². The van der Waals surface area contributed by atoms with Crippen LogP contribution >= 0.6 is 0 Å².